The zero-order chi connectivity index (χ0) is 15.6. The number of alkyl halides is 3. The molecular formula is C13H9Cl2F3N2S. The van der Waals surface area contributed by atoms with Crippen molar-refractivity contribution in [3.8, 4) is 0 Å². The molecule has 2 rings (SSSR count). The van der Waals surface area contributed by atoms with E-state index in [1.54, 1.807) is 12.1 Å². The molecule has 0 saturated heterocycles. The van der Waals surface area contributed by atoms with Crippen LogP contribution in [0.15, 0.2) is 35.2 Å². The van der Waals surface area contributed by atoms with Crippen LogP contribution >= 0.6 is 35.0 Å². The summed E-state index contributed by atoms with van der Waals surface area (Å²) in [5.41, 5.74) is 5.69. The van der Waals surface area contributed by atoms with Gasteiger partial charge in [0, 0.05) is 16.3 Å². The molecule has 2 N–H and O–H groups in total. The lowest BCUT2D eigenvalue weighted by molar-refractivity contribution is -0.137. The number of nitrogens with zero attached hydrogens (tertiary/aromatic N) is 1. The lowest BCUT2D eigenvalue weighted by Crippen LogP contribution is -2.05. The van der Waals surface area contributed by atoms with Crippen LogP contribution in [0, 0.1) is 0 Å². The van der Waals surface area contributed by atoms with Crippen LogP contribution < -0.4 is 5.73 Å². The fourth-order valence-corrected chi connectivity index (χ4v) is 2.99. The normalized spacial score (nSPS) is 11.7. The summed E-state index contributed by atoms with van der Waals surface area (Å²) in [5.74, 6) is 0.429. The largest absolute Gasteiger partial charge is 0.416 e. The first-order valence-electron chi connectivity index (χ1n) is 5.68. The van der Waals surface area contributed by atoms with E-state index >= 15 is 0 Å². The molecule has 112 valence electrons. The third kappa shape index (κ3) is 4.18. The molecular weight excluding hydrogens is 344 g/mol. The van der Waals surface area contributed by atoms with Gasteiger partial charge in [-0.1, -0.05) is 29.3 Å². The summed E-state index contributed by atoms with van der Waals surface area (Å²) >= 11 is 12.9. The minimum atomic E-state index is -4.40. The maximum absolute atomic E-state index is 12.5. The van der Waals surface area contributed by atoms with Crippen LogP contribution in [-0.2, 0) is 11.9 Å². The fourth-order valence-electron chi connectivity index (χ4n) is 1.56. The molecule has 1 heterocycles. The number of pyridine rings is 1. The Bertz CT molecular complexity index is 662. The molecule has 0 atom stereocenters. The molecule has 0 unspecified atom stereocenters. The lowest BCUT2D eigenvalue weighted by Gasteiger charge is -2.11. The second-order valence-electron chi connectivity index (χ2n) is 4.12. The van der Waals surface area contributed by atoms with Crippen LogP contribution in [0.3, 0.4) is 0 Å². The van der Waals surface area contributed by atoms with Crippen molar-refractivity contribution in [1.82, 2.24) is 4.98 Å². The number of nitrogen functional groups attached to an aromatic ring is 1. The van der Waals surface area contributed by atoms with E-state index in [0.29, 0.717) is 10.6 Å². The molecule has 1 aromatic heterocycles. The van der Waals surface area contributed by atoms with Gasteiger partial charge in [-0.3, -0.25) is 0 Å². The molecule has 0 aliphatic carbocycles. The van der Waals surface area contributed by atoms with Crippen molar-refractivity contribution in [1.29, 1.82) is 0 Å². The van der Waals surface area contributed by atoms with E-state index in [0.717, 1.165) is 17.7 Å². The van der Waals surface area contributed by atoms with Gasteiger partial charge in [0.1, 0.15) is 10.3 Å². The lowest BCUT2D eigenvalue weighted by atomic mass is 10.2. The first-order chi connectivity index (χ1) is 9.77. The van der Waals surface area contributed by atoms with Gasteiger partial charge in [0.2, 0.25) is 0 Å². The SMILES string of the molecule is Nc1cc(C(F)(F)F)ccc1SCc1ccc(Cl)nc1Cl. The van der Waals surface area contributed by atoms with E-state index in [4.69, 9.17) is 28.9 Å². The Morgan fingerprint density at radius 1 is 1.14 bits per heavy atom. The van der Waals surface area contributed by atoms with Crippen molar-refractivity contribution >= 4 is 40.7 Å². The average molecular weight is 353 g/mol. The number of rotatable bonds is 3. The van der Waals surface area contributed by atoms with E-state index in [1.807, 2.05) is 0 Å². The maximum atomic E-state index is 12.5. The molecule has 0 radical (unpaired) electrons. The minimum Gasteiger partial charge on any atom is -0.398 e. The molecule has 0 fully saturated rings. The van der Waals surface area contributed by atoms with Gasteiger partial charge in [-0.25, -0.2) is 4.98 Å². The second-order valence-corrected chi connectivity index (χ2v) is 5.89. The molecule has 0 aliphatic heterocycles. The highest BCUT2D eigenvalue weighted by atomic mass is 35.5. The summed E-state index contributed by atoms with van der Waals surface area (Å²) in [6, 6.07) is 6.58. The molecule has 0 saturated carbocycles. The summed E-state index contributed by atoms with van der Waals surface area (Å²) < 4.78 is 37.6. The number of aromatic nitrogens is 1. The summed E-state index contributed by atoms with van der Waals surface area (Å²) in [4.78, 5) is 4.44. The smallest absolute Gasteiger partial charge is 0.398 e. The minimum absolute atomic E-state index is 0.0767. The average Bonchev–Trinajstić information content (AvgIpc) is 2.38. The summed E-state index contributed by atoms with van der Waals surface area (Å²) in [7, 11) is 0. The molecule has 0 aliphatic rings. The highest BCUT2D eigenvalue weighted by molar-refractivity contribution is 7.98. The Hall–Kier alpha value is -1.11. The zero-order valence-corrected chi connectivity index (χ0v) is 12.7. The Morgan fingerprint density at radius 2 is 1.86 bits per heavy atom. The van der Waals surface area contributed by atoms with Crippen molar-refractivity contribution in [2.45, 2.75) is 16.8 Å². The van der Waals surface area contributed by atoms with Gasteiger partial charge < -0.3 is 5.73 Å². The Balaban J connectivity index is 2.13. The van der Waals surface area contributed by atoms with Gasteiger partial charge in [0.25, 0.3) is 0 Å². The molecule has 2 aromatic rings. The molecule has 0 amide bonds. The van der Waals surface area contributed by atoms with Gasteiger partial charge in [0.05, 0.1) is 5.56 Å². The highest BCUT2D eigenvalue weighted by Gasteiger charge is 2.30. The fraction of sp³-hybridized carbons (Fsp3) is 0.154. The van der Waals surface area contributed by atoms with Crippen LogP contribution in [0.2, 0.25) is 10.3 Å². The Kier molecular flexibility index (Phi) is 4.91. The number of hydrogen-bond donors (Lipinski definition) is 1. The predicted molar refractivity (Wildman–Crippen MR) is 79.7 cm³/mol. The van der Waals surface area contributed by atoms with Crippen molar-refractivity contribution in [3.05, 3.63) is 51.8 Å². The quantitative estimate of drug-likeness (QED) is 0.463. The zero-order valence-electron chi connectivity index (χ0n) is 10.4. The summed E-state index contributed by atoms with van der Waals surface area (Å²) in [5, 5.41) is 0.545. The van der Waals surface area contributed by atoms with Crippen LogP contribution in [-0.4, -0.2) is 4.98 Å². The highest BCUT2D eigenvalue weighted by Crippen LogP contribution is 2.35. The summed E-state index contributed by atoms with van der Waals surface area (Å²) in [6.07, 6.45) is -4.40. The van der Waals surface area contributed by atoms with E-state index in [-0.39, 0.29) is 16.0 Å². The van der Waals surface area contributed by atoms with E-state index < -0.39 is 11.7 Å². The number of anilines is 1. The predicted octanol–water partition coefficient (Wildman–Crippen LogP) is 5.28. The molecule has 21 heavy (non-hydrogen) atoms. The van der Waals surface area contributed by atoms with Gasteiger partial charge in [-0.15, -0.1) is 11.8 Å². The third-order valence-corrected chi connectivity index (χ3v) is 4.29. The van der Waals surface area contributed by atoms with Crippen LogP contribution in [0.1, 0.15) is 11.1 Å². The van der Waals surface area contributed by atoms with Gasteiger partial charge in [0.15, 0.2) is 0 Å². The van der Waals surface area contributed by atoms with E-state index in [1.165, 1.54) is 17.8 Å². The number of nitrogens with two attached hydrogens (primary N) is 1. The Morgan fingerprint density at radius 3 is 2.43 bits per heavy atom. The first-order valence-corrected chi connectivity index (χ1v) is 7.42. The van der Waals surface area contributed by atoms with Gasteiger partial charge >= 0.3 is 6.18 Å². The van der Waals surface area contributed by atoms with Crippen molar-refractivity contribution < 1.29 is 13.2 Å². The molecule has 0 bridgehead atoms. The van der Waals surface area contributed by atoms with Crippen molar-refractivity contribution in [2.75, 3.05) is 5.73 Å². The molecule has 1 aromatic carbocycles. The maximum Gasteiger partial charge on any atom is 0.416 e. The Labute approximate surface area is 133 Å². The van der Waals surface area contributed by atoms with Crippen LogP contribution in [0.4, 0.5) is 18.9 Å². The standard InChI is InChI=1S/C13H9Cl2F3N2S/c14-11-4-1-7(12(15)20-11)6-21-10-3-2-8(5-9(10)19)13(16,17)18/h1-5H,6,19H2. The van der Waals surface area contributed by atoms with Crippen LogP contribution in [0.25, 0.3) is 0 Å². The van der Waals surface area contributed by atoms with Crippen LogP contribution in [0.5, 0.6) is 0 Å². The number of hydrogen-bond acceptors (Lipinski definition) is 3. The summed E-state index contributed by atoms with van der Waals surface area (Å²) in [6.45, 7) is 0. The van der Waals surface area contributed by atoms with E-state index in [9.17, 15) is 13.2 Å². The molecule has 0 spiro atoms. The number of thioether (sulfide) groups is 1. The van der Waals surface area contributed by atoms with Gasteiger partial charge in [-0.2, -0.15) is 13.2 Å². The topological polar surface area (TPSA) is 38.9 Å². The number of halogens is 5. The van der Waals surface area contributed by atoms with Gasteiger partial charge in [-0.05, 0) is 29.8 Å². The molecule has 2 nitrogen and oxygen atoms in total. The number of benzene rings is 1. The first kappa shape index (κ1) is 16.3. The van der Waals surface area contributed by atoms with Crippen molar-refractivity contribution in [3.63, 3.8) is 0 Å². The third-order valence-electron chi connectivity index (χ3n) is 2.61. The van der Waals surface area contributed by atoms with E-state index in [2.05, 4.69) is 4.98 Å². The second kappa shape index (κ2) is 6.34. The molecule has 8 heteroatoms. The monoisotopic (exact) mass is 352 g/mol. The van der Waals surface area contributed by atoms with Crippen molar-refractivity contribution in [2.24, 2.45) is 0 Å².